The third kappa shape index (κ3) is 5.37. The van der Waals surface area contributed by atoms with E-state index in [0.717, 1.165) is 39.5 Å². The number of thioether (sulfide) groups is 1. The lowest BCUT2D eigenvalue weighted by Crippen LogP contribution is -2.28. The molecule has 0 radical (unpaired) electrons. The second kappa shape index (κ2) is 10.7. The summed E-state index contributed by atoms with van der Waals surface area (Å²) in [5.74, 6) is -0.895. The Kier molecular flexibility index (Phi) is 7.44. The van der Waals surface area contributed by atoms with Crippen LogP contribution in [0.15, 0.2) is 59.6 Å². The first-order valence-electron chi connectivity index (χ1n) is 10.8. The van der Waals surface area contributed by atoms with Gasteiger partial charge in [-0.05, 0) is 48.0 Å². The molecule has 0 bridgehead atoms. The molecule has 3 aromatic rings. The zero-order valence-electron chi connectivity index (χ0n) is 18.6. The van der Waals surface area contributed by atoms with E-state index in [1.807, 2.05) is 35.0 Å². The van der Waals surface area contributed by atoms with E-state index in [4.69, 9.17) is 4.74 Å². The van der Waals surface area contributed by atoms with Gasteiger partial charge in [0, 0.05) is 42.9 Å². The van der Waals surface area contributed by atoms with E-state index in [1.165, 1.54) is 12.1 Å². The van der Waals surface area contributed by atoms with Gasteiger partial charge in [0.1, 0.15) is 12.4 Å². The number of methoxy groups -OCH3 is 1. The maximum Gasteiger partial charge on any atom is 0.293 e. The zero-order valence-corrected chi connectivity index (χ0v) is 19.4. The van der Waals surface area contributed by atoms with Gasteiger partial charge in [-0.3, -0.25) is 19.3 Å². The number of nitrogens with one attached hydrogen (secondary N) is 1. The molecule has 2 heterocycles. The molecule has 1 aliphatic rings. The van der Waals surface area contributed by atoms with Crippen LogP contribution in [-0.4, -0.2) is 46.8 Å². The van der Waals surface area contributed by atoms with E-state index in [9.17, 15) is 18.8 Å². The summed E-state index contributed by atoms with van der Waals surface area (Å²) in [6.07, 6.45) is 4.23. The summed E-state index contributed by atoms with van der Waals surface area (Å²) in [5.41, 5.74) is 2.26. The topological polar surface area (TPSA) is 80.6 Å². The van der Waals surface area contributed by atoms with Crippen molar-refractivity contribution in [3.63, 3.8) is 0 Å². The number of nitrogens with zero attached hydrogens (tertiary/aromatic N) is 2. The van der Waals surface area contributed by atoms with Crippen molar-refractivity contribution in [1.29, 1.82) is 0 Å². The molecule has 34 heavy (non-hydrogen) atoms. The second-order valence-corrected chi connectivity index (χ2v) is 8.81. The van der Waals surface area contributed by atoms with E-state index in [1.54, 1.807) is 25.3 Å². The minimum absolute atomic E-state index is 0.0767. The Labute approximate surface area is 200 Å². The lowest BCUT2D eigenvalue weighted by atomic mass is 10.1. The van der Waals surface area contributed by atoms with Crippen LogP contribution in [0.2, 0.25) is 0 Å². The van der Waals surface area contributed by atoms with E-state index >= 15 is 0 Å². The van der Waals surface area contributed by atoms with Gasteiger partial charge >= 0.3 is 0 Å². The molecule has 1 N–H and O–H groups in total. The first-order chi connectivity index (χ1) is 16.5. The number of aromatic nitrogens is 1. The quantitative estimate of drug-likeness (QED) is 0.367. The van der Waals surface area contributed by atoms with Crippen LogP contribution in [0.25, 0.3) is 17.0 Å². The third-order valence-electron chi connectivity index (χ3n) is 5.39. The van der Waals surface area contributed by atoms with E-state index in [2.05, 4.69) is 5.32 Å². The third-order valence-corrected chi connectivity index (χ3v) is 6.30. The SMILES string of the molecule is COCCCNC(=O)Cn1cc(/C=C2\SC(=O)N(Cc3ccc(F)cc3)C2=O)c2ccccc21. The highest BCUT2D eigenvalue weighted by molar-refractivity contribution is 8.18. The molecule has 0 spiro atoms. The number of imide groups is 1. The highest BCUT2D eigenvalue weighted by atomic mass is 32.2. The molecule has 2 aromatic carbocycles. The molecule has 0 saturated carbocycles. The smallest absolute Gasteiger partial charge is 0.293 e. The number of ether oxygens (including phenoxy) is 1. The average Bonchev–Trinajstić information content (AvgIpc) is 3.30. The lowest BCUT2D eigenvalue weighted by molar-refractivity contribution is -0.123. The van der Waals surface area contributed by atoms with Crippen molar-refractivity contribution in [3.8, 4) is 0 Å². The molecule has 0 unspecified atom stereocenters. The number of carbonyl (C=O) groups excluding carboxylic acids is 3. The standard InChI is InChI=1S/C25H24FN3O4S/c1-33-12-4-11-27-23(30)16-28-15-18(20-5-2-3-6-21(20)28)13-22-24(31)29(25(32)34-22)14-17-7-9-19(26)10-8-17/h2-3,5-10,13,15H,4,11-12,14,16H2,1H3,(H,27,30)/b22-13-. The monoisotopic (exact) mass is 481 g/mol. The summed E-state index contributed by atoms with van der Waals surface area (Å²) in [5, 5.41) is 3.37. The van der Waals surface area contributed by atoms with Crippen LogP contribution in [0, 0.1) is 5.82 Å². The summed E-state index contributed by atoms with van der Waals surface area (Å²) in [6, 6.07) is 13.3. The van der Waals surface area contributed by atoms with Crippen molar-refractivity contribution in [2.24, 2.45) is 0 Å². The highest BCUT2D eigenvalue weighted by Crippen LogP contribution is 2.35. The van der Waals surface area contributed by atoms with Gasteiger partial charge in [-0.1, -0.05) is 30.3 Å². The van der Waals surface area contributed by atoms with E-state index in [0.29, 0.717) is 23.6 Å². The van der Waals surface area contributed by atoms with Crippen LogP contribution in [-0.2, 0) is 27.4 Å². The number of hydrogen-bond donors (Lipinski definition) is 1. The van der Waals surface area contributed by atoms with Crippen LogP contribution in [0.5, 0.6) is 0 Å². The number of halogens is 1. The maximum absolute atomic E-state index is 13.2. The van der Waals surface area contributed by atoms with Crippen LogP contribution in [0.3, 0.4) is 0 Å². The molecule has 1 saturated heterocycles. The van der Waals surface area contributed by atoms with Crippen LogP contribution in [0.4, 0.5) is 9.18 Å². The zero-order chi connectivity index (χ0) is 24.1. The minimum atomic E-state index is -0.396. The molecular weight excluding hydrogens is 457 g/mol. The fourth-order valence-corrected chi connectivity index (χ4v) is 4.56. The number of hydrogen-bond acceptors (Lipinski definition) is 5. The average molecular weight is 482 g/mol. The molecule has 4 rings (SSSR count). The number of para-hydroxylation sites is 1. The maximum atomic E-state index is 13.2. The predicted molar refractivity (Wildman–Crippen MR) is 129 cm³/mol. The summed E-state index contributed by atoms with van der Waals surface area (Å²) < 4.78 is 20.0. The number of fused-ring (bicyclic) bond motifs is 1. The summed E-state index contributed by atoms with van der Waals surface area (Å²) in [6.45, 7) is 1.31. The second-order valence-electron chi connectivity index (χ2n) is 7.82. The van der Waals surface area contributed by atoms with E-state index < -0.39 is 5.91 Å². The van der Waals surface area contributed by atoms with Gasteiger partial charge < -0.3 is 14.6 Å². The Bertz CT molecular complexity index is 1250. The lowest BCUT2D eigenvalue weighted by Gasteiger charge is -2.12. The Morgan fingerprint density at radius 1 is 1.15 bits per heavy atom. The minimum Gasteiger partial charge on any atom is -0.385 e. The first-order valence-corrected chi connectivity index (χ1v) is 11.6. The number of amides is 3. The Morgan fingerprint density at radius 3 is 2.68 bits per heavy atom. The number of carbonyl (C=O) groups is 3. The van der Waals surface area contributed by atoms with Gasteiger partial charge in [0.15, 0.2) is 0 Å². The molecule has 9 heteroatoms. The van der Waals surface area contributed by atoms with Gasteiger partial charge in [-0.2, -0.15) is 0 Å². The van der Waals surface area contributed by atoms with Crippen molar-refractivity contribution in [2.75, 3.05) is 20.3 Å². The van der Waals surface area contributed by atoms with Crippen molar-refractivity contribution in [1.82, 2.24) is 14.8 Å². The van der Waals surface area contributed by atoms with Crippen molar-refractivity contribution in [2.45, 2.75) is 19.5 Å². The number of rotatable bonds is 9. The number of benzene rings is 2. The van der Waals surface area contributed by atoms with Crippen LogP contribution in [0.1, 0.15) is 17.5 Å². The first kappa shape index (κ1) is 23.7. The normalized spacial score (nSPS) is 15.0. The van der Waals surface area contributed by atoms with Crippen molar-refractivity contribution < 1.29 is 23.5 Å². The van der Waals surface area contributed by atoms with Crippen molar-refractivity contribution in [3.05, 3.63) is 76.6 Å². The summed E-state index contributed by atoms with van der Waals surface area (Å²) in [7, 11) is 1.62. The molecule has 0 atom stereocenters. The molecule has 1 fully saturated rings. The highest BCUT2D eigenvalue weighted by Gasteiger charge is 2.35. The van der Waals surface area contributed by atoms with Gasteiger partial charge in [0.25, 0.3) is 11.1 Å². The summed E-state index contributed by atoms with van der Waals surface area (Å²) >= 11 is 0.871. The molecule has 0 aliphatic carbocycles. The van der Waals surface area contributed by atoms with Gasteiger partial charge in [-0.25, -0.2) is 4.39 Å². The molecular formula is C25H24FN3O4S. The van der Waals surface area contributed by atoms with Gasteiger partial charge in [-0.15, -0.1) is 0 Å². The molecule has 3 amide bonds. The predicted octanol–water partition coefficient (Wildman–Crippen LogP) is 4.17. The molecule has 176 valence electrons. The van der Waals surface area contributed by atoms with E-state index in [-0.39, 0.29) is 30.1 Å². The molecule has 1 aliphatic heterocycles. The van der Waals surface area contributed by atoms with Crippen molar-refractivity contribution >= 4 is 45.8 Å². The Hall–Kier alpha value is -3.43. The fourth-order valence-electron chi connectivity index (χ4n) is 3.73. The fraction of sp³-hybridized carbons (Fsp3) is 0.240. The van der Waals surface area contributed by atoms with Crippen LogP contribution < -0.4 is 5.32 Å². The Morgan fingerprint density at radius 2 is 1.91 bits per heavy atom. The van der Waals surface area contributed by atoms with Crippen LogP contribution >= 0.6 is 11.8 Å². The Balaban J connectivity index is 1.53. The summed E-state index contributed by atoms with van der Waals surface area (Å²) in [4.78, 5) is 39.3. The van der Waals surface area contributed by atoms with Gasteiger partial charge in [0.05, 0.1) is 11.4 Å². The molecule has 7 nitrogen and oxygen atoms in total. The van der Waals surface area contributed by atoms with Gasteiger partial charge in [0.2, 0.25) is 5.91 Å². The largest absolute Gasteiger partial charge is 0.385 e. The molecule has 1 aromatic heterocycles.